The lowest BCUT2D eigenvalue weighted by Gasteiger charge is -2.17. The summed E-state index contributed by atoms with van der Waals surface area (Å²) in [5, 5.41) is 7.56. The molecule has 0 spiro atoms. The van der Waals surface area contributed by atoms with E-state index < -0.39 is 0 Å². The van der Waals surface area contributed by atoms with Gasteiger partial charge in [-0.2, -0.15) is 4.98 Å². The summed E-state index contributed by atoms with van der Waals surface area (Å²) in [5.41, 5.74) is 3.77. The number of nitrogens with one attached hydrogen (secondary N) is 1. The highest BCUT2D eigenvalue weighted by molar-refractivity contribution is 5.85. The van der Waals surface area contributed by atoms with Crippen molar-refractivity contribution in [2.45, 2.75) is 51.1 Å². The Kier molecular flexibility index (Phi) is 4.27. The van der Waals surface area contributed by atoms with Gasteiger partial charge in [0, 0.05) is 24.6 Å². The molecule has 4 rings (SSSR count). The Bertz CT molecular complexity index is 620. The first-order valence-electron chi connectivity index (χ1n) is 7.56. The number of rotatable bonds is 2. The molecular formula is C16H20ClN3O. The maximum atomic E-state index is 5.48. The Morgan fingerprint density at radius 2 is 1.86 bits per heavy atom. The van der Waals surface area contributed by atoms with Crippen LogP contribution in [0.1, 0.15) is 55.0 Å². The summed E-state index contributed by atoms with van der Waals surface area (Å²) in [7, 11) is 0. The number of halogens is 1. The Balaban J connectivity index is 0.00000132. The quantitative estimate of drug-likeness (QED) is 0.916. The van der Waals surface area contributed by atoms with Crippen molar-refractivity contribution in [2.75, 3.05) is 0 Å². The van der Waals surface area contributed by atoms with Gasteiger partial charge in [-0.25, -0.2) is 0 Å². The van der Waals surface area contributed by atoms with E-state index in [1.165, 1.54) is 43.2 Å². The Labute approximate surface area is 130 Å². The third-order valence-corrected chi connectivity index (χ3v) is 4.50. The van der Waals surface area contributed by atoms with Crippen molar-refractivity contribution in [2.24, 2.45) is 0 Å². The molecule has 1 aliphatic carbocycles. The highest BCUT2D eigenvalue weighted by Gasteiger charge is 2.21. The molecule has 2 aliphatic rings. The average Bonchev–Trinajstić information content (AvgIpc) is 3.16. The number of fused-ring (bicyclic) bond motifs is 1. The van der Waals surface area contributed by atoms with Gasteiger partial charge in [-0.3, -0.25) is 0 Å². The second-order valence-electron chi connectivity index (χ2n) is 5.88. The number of hydrogen-bond acceptors (Lipinski definition) is 4. The molecule has 0 unspecified atom stereocenters. The lowest BCUT2D eigenvalue weighted by atomic mass is 9.89. The molecule has 2 heterocycles. The number of aromatic nitrogens is 2. The molecule has 0 atom stereocenters. The molecule has 0 bridgehead atoms. The fourth-order valence-corrected chi connectivity index (χ4v) is 3.31. The molecule has 1 aliphatic heterocycles. The maximum Gasteiger partial charge on any atom is 0.257 e. The Morgan fingerprint density at radius 1 is 1.05 bits per heavy atom. The number of benzene rings is 1. The molecule has 1 aromatic heterocycles. The standard InChI is InChI=1S/C16H19N3O.ClH/c1-2-4-11(5-3-1)15-18-16(20-19-15)12-6-7-13-9-17-10-14(13)8-12;/h6-8,11,17H,1-5,9-10H2;1H. The van der Waals surface area contributed by atoms with Gasteiger partial charge < -0.3 is 9.84 Å². The van der Waals surface area contributed by atoms with Crippen molar-refractivity contribution in [1.82, 2.24) is 15.5 Å². The lowest BCUT2D eigenvalue weighted by molar-refractivity contribution is 0.385. The zero-order valence-corrected chi connectivity index (χ0v) is 12.8. The largest absolute Gasteiger partial charge is 0.334 e. The van der Waals surface area contributed by atoms with Crippen molar-refractivity contribution < 1.29 is 4.52 Å². The summed E-state index contributed by atoms with van der Waals surface area (Å²) in [5.74, 6) is 2.07. The summed E-state index contributed by atoms with van der Waals surface area (Å²) in [6, 6.07) is 6.42. The maximum absolute atomic E-state index is 5.48. The van der Waals surface area contributed by atoms with Crippen molar-refractivity contribution in [1.29, 1.82) is 0 Å². The van der Waals surface area contributed by atoms with Crippen LogP contribution in [-0.2, 0) is 13.1 Å². The van der Waals surface area contributed by atoms with E-state index in [9.17, 15) is 0 Å². The van der Waals surface area contributed by atoms with Crippen LogP contribution in [-0.4, -0.2) is 10.1 Å². The highest BCUT2D eigenvalue weighted by Crippen LogP contribution is 2.32. The van der Waals surface area contributed by atoms with Gasteiger partial charge in [-0.15, -0.1) is 12.4 Å². The average molecular weight is 306 g/mol. The summed E-state index contributed by atoms with van der Waals surface area (Å²) >= 11 is 0. The molecule has 1 N–H and O–H groups in total. The van der Waals surface area contributed by atoms with E-state index in [-0.39, 0.29) is 12.4 Å². The van der Waals surface area contributed by atoms with E-state index in [0.29, 0.717) is 11.8 Å². The SMILES string of the molecule is Cl.c1cc2c(cc1-c1nc(C3CCCCC3)no1)CNC2. The van der Waals surface area contributed by atoms with Crippen LogP contribution in [0.5, 0.6) is 0 Å². The smallest absolute Gasteiger partial charge is 0.257 e. The van der Waals surface area contributed by atoms with Crippen LogP contribution in [0, 0.1) is 0 Å². The predicted octanol–water partition coefficient (Wildman–Crippen LogP) is 3.81. The fourth-order valence-electron chi connectivity index (χ4n) is 3.31. The van der Waals surface area contributed by atoms with Gasteiger partial charge in [-0.05, 0) is 36.1 Å². The lowest BCUT2D eigenvalue weighted by Crippen LogP contribution is -2.06. The third kappa shape index (κ3) is 2.83. The van der Waals surface area contributed by atoms with E-state index in [1.54, 1.807) is 0 Å². The third-order valence-electron chi connectivity index (χ3n) is 4.50. The van der Waals surface area contributed by atoms with Gasteiger partial charge in [0.15, 0.2) is 5.82 Å². The first-order valence-corrected chi connectivity index (χ1v) is 7.56. The van der Waals surface area contributed by atoms with E-state index in [1.807, 2.05) is 0 Å². The first-order chi connectivity index (χ1) is 9.90. The summed E-state index contributed by atoms with van der Waals surface area (Å²) < 4.78 is 5.48. The monoisotopic (exact) mass is 305 g/mol. The van der Waals surface area contributed by atoms with Crippen LogP contribution < -0.4 is 5.32 Å². The van der Waals surface area contributed by atoms with Crippen LogP contribution in [0.15, 0.2) is 22.7 Å². The van der Waals surface area contributed by atoms with Crippen LogP contribution in [0.2, 0.25) is 0 Å². The van der Waals surface area contributed by atoms with E-state index in [4.69, 9.17) is 4.52 Å². The molecule has 0 saturated heterocycles. The fraction of sp³-hybridized carbons (Fsp3) is 0.500. The minimum absolute atomic E-state index is 0. The summed E-state index contributed by atoms with van der Waals surface area (Å²) in [6.07, 6.45) is 6.33. The van der Waals surface area contributed by atoms with E-state index >= 15 is 0 Å². The molecule has 112 valence electrons. The summed E-state index contributed by atoms with van der Waals surface area (Å²) in [4.78, 5) is 4.63. The molecule has 0 radical (unpaired) electrons. The minimum Gasteiger partial charge on any atom is -0.334 e. The molecule has 1 saturated carbocycles. The molecule has 5 heteroatoms. The van der Waals surface area contributed by atoms with Gasteiger partial charge in [-0.1, -0.05) is 30.5 Å². The van der Waals surface area contributed by atoms with Gasteiger partial charge in [0.25, 0.3) is 5.89 Å². The summed E-state index contributed by atoms with van der Waals surface area (Å²) in [6.45, 7) is 1.90. The van der Waals surface area contributed by atoms with Crippen LogP contribution in [0.4, 0.5) is 0 Å². The van der Waals surface area contributed by atoms with Crippen LogP contribution in [0.3, 0.4) is 0 Å². The van der Waals surface area contributed by atoms with E-state index in [2.05, 4.69) is 33.7 Å². The normalized spacial score (nSPS) is 18.3. The van der Waals surface area contributed by atoms with Crippen molar-refractivity contribution in [3.8, 4) is 11.5 Å². The van der Waals surface area contributed by atoms with E-state index in [0.717, 1.165) is 24.5 Å². The molecular weight excluding hydrogens is 286 g/mol. The number of hydrogen-bond donors (Lipinski definition) is 1. The molecule has 4 nitrogen and oxygen atoms in total. The molecule has 21 heavy (non-hydrogen) atoms. The molecule has 2 aromatic rings. The topological polar surface area (TPSA) is 51.0 Å². The second kappa shape index (κ2) is 6.16. The predicted molar refractivity (Wildman–Crippen MR) is 83.4 cm³/mol. The molecule has 1 aromatic carbocycles. The number of nitrogens with zero attached hydrogens (tertiary/aromatic N) is 2. The van der Waals surface area contributed by atoms with Crippen LogP contribution >= 0.6 is 12.4 Å². The Hall–Kier alpha value is -1.39. The molecule has 1 fully saturated rings. The van der Waals surface area contributed by atoms with Gasteiger partial charge in [0.2, 0.25) is 0 Å². The molecule has 0 amide bonds. The minimum atomic E-state index is 0. The second-order valence-corrected chi connectivity index (χ2v) is 5.88. The zero-order valence-electron chi connectivity index (χ0n) is 12.0. The van der Waals surface area contributed by atoms with Crippen molar-refractivity contribution >= 4 is 12.4 Å². The van der Waals surface area contributed by atoms with Gasteiger partial charge >= 0.3 is 0 Å². The van der Waals surface area contributed by atoms with Gasteiger partial charge in [0.05, 0.1) is 0 Å². The Morgan fingerprint density at radius 3 is 2.71 bits per heavy atom. The zero-order chi connectivity index (χ0) is 13.4. The van der Waals surface area contributed by atoms with Crippen LogP contribution in [0.25, 0.3) is 11.5 Å². The van der Waals surface area contributed by atoms with Gasteiger partial charge in [0.1, 0.15) is 0 Å². The first kappa shape index (κ1) is 14.5. The van der Waals surface area contributed by atoms with Crippen molar-refractivity contribution in [3.63, 3.8) is 0 Å². The highest BCUT2D eigenvalue weighted by atomic mass is 35.5. The van der Waals surface area contributed by atoms with Crippen molar-refractivity contribution in [3.05, 3.63) is 35.2 Å².